The van der Waals surface area contributed by atoms with Gasteiger partial charge in [0.15, 0.2) is 11.6 Å². The Bertz CT molecular complexity index is 276. The molecular formula is C9H10F2O2. The van der Waals surface area contributed by atoms with Gasteiger partial charge in [0.1, 0.15) is 6.61 Å². The molecule has 0 amide bonds. The van der Waals surface area contributed by atoms with Gasteiger partial charge in [-0.3, -0.25) is 0 Å². The van der Waals surface area contributed by atoms with Crippen molar-refractivity contribution in [2.75, 3.05) is 20.3 Å². The first kappa shape index (κ1) is 9.92. The number of hydrogen-bond acceptors (Lipinski definition) is 2. The Kier molecular flexibility index (Phi) is 3.64. The van der Waals surface area contributed by atoms with E-state index < -0.39 is 11.6 Å². The molecular weight excluding hydrogens is 178 g/mol. The molecule has 0 aliphatic heterocycles. The van der Waals surface area contributed by atoms with Gasteiger partial charge in [-0.05, 0) is 12.1 Å². The van der Waals surface area contributed by atoms with Gasteiger partial charge in [0.2, 0.25) is 5.82 Å². The minimum atomic E-state index is -0.960. The summed E-state index contributed by atoms with van der Waals surface area (Å²) in [5, 5.41) is 0. The van der Waals surface area contributed by atoms with Crippen LogP contribution in [0, 0.1) is 11.6 Å². The minimum Gasteiger partial charge on any atom is -0.488 e. The molecule has 0 unspecified atom stereocenters. The number of hydrogen-bond donors (Lipinski definition) is 0. The molecule has 0 heterocycles. The molecule has 13 heavy (non-hydrogen) atoms. The first-order valence-electron chi connectivity index (χ1n) is 3.81. The highest BCUT2D eigenvalue weighted by Crippen LogP contribution is 2.18. The van der Waals surface area contributed by atoms with Crippen LogP contribution < -0.4 is 4.74 Å². The fourth-order valence-corrected chi connectivity index (χ4v) is 0.830. The second-order valence-corrected chi connectivity index (χ2v) is 2.39. The molecule has 0 atom stereocenters. The van der Waals surface area contributed by atoms with Crippen molar-refractivity contribution in [1.82, 2.24) is 0 Å². The Hall–Kier alpha value is -1.16. The van der Waals surface area contributed by atoms with Crippen LogP contribution in [0.1, 0.15) is 0 Å². The van der Waals surface area contributed by atoms with Crippen LogP contribution in [0.3, 0.4) is 0 Å². The molecule has 0 saturated carbocycles. The fourth-order valence-electron chi connectivity index (χ4n) is 0.830. The Morgan fingerprint density at radius 1 is 1.23 bits per heavy atom. The number of methoxy groups -OCH3 is 1. The third kappa shape index (κ3) is 2.66. The molecule has 0 saturated heterocycles. The van der Waals surface area contributed by atoms with Gasteiger partial charge in [0.05, 0.1) is 6.61 Å². The van der Waals surface area contributed by atoms with Crippen LogP contribution in [0.15, 0.2) is 18.2 Å². The van der Waals surface area contributed by atoms with E-state index in [9.17, 15) is 8.78 Å². The zero-order valence-electron chi connectivity index (χ0n) is 7.22. The zero-order chi connectivity index (χ0) is 9.68. The van der Waals surface area contributed by atoms with E-state index in [0.717, 1.165) is 6.07 Å². The summed E-state index contributed by atoms with van der Waals surface area (Å²) in [6, 6.07) is 3.80. The van der Waals surface area contributed by atoms with Crippen molar-refractivity contribution >= 4 is 0 Å². The lowest BCUT2D eigenvalue weighted by molar-refractivity contribution is 0.143. The van der Waals surface area contributed by atoms with Gasteiger partial charge in [0, 0.05) is 7.11 Å². The predicted molar refractivity (Wildman–Crippen MR) is 43.7 cm³/mol. The SMILES string of the molecule is COCCOc1cccc(F)c1F. The predicted octanol–water partition coefficient (Wildman–Crippen LogP) is 1.99. The van der Waals surface area contributed by atoms with Gasteiger partial charge in [-0.1, -0.05) is 6.07 Å². The number of benzene rings is 1. The summed E-state index contributed by atoms with van der Waals surface area (Å²) in [7, 11) is 1.51. The first-order valence-corrected chi connectivity index (χ1v) is 3.81. The van der Waals surface area contributed by atoms with Crippen molar-refractivity contribution in [3.63, 3.8) is 0 Å². The highest BCUT2D eigenvalue weighted by Gasteiger charge is 2.07. The molecule has 0 aliphatic rings. The fraction of sp³-hybridized carbons (Fsp3) is 0.333. The summed E-state index contributed by atoms with van der Waals surface area (Å²) in [5.41, 5.74) is 0. The Morgan fingerprint density at radius 2 is 2.00 bits per heavy atom. The highest BCUT2D eigenvalue weighted by molar-refractivity contribution is 5.24. The summed E-state index contributed by atoms with van der Waals surface area (Å²) in [6.07, 6.45) is 0. The smallest absolute Gasteiger partial charge is 0.200 e. The van der Waals surface area contributed by atoms with E-state index in [-0.39, 0.29) is 12.4 Å². The van der Waals surface area contributed by atoms with E-state index in [0.29, 0.717) is 6.61 Å². The largest absolute Gasteiger partial charge is 0.488 e. The molecule has 0 radical (unpaired) electrons. The molecule has 1 aromatic rings. The average Bonchev–Trinajstić information content (AvgIpc) is 2.13. The van der Waals surface area contributed by atoms with Crippen molar-refractivity contribution < 1.29 is 18.3 Å². The van der Waals surface area contributed by atoms with Crippen LogP contribution in [0.5, 0.6) is 5.75 Å². The number of rotatable bonds is 4. The molecule has 0 N–H and O–H groups in total. The molecule has 1 rings (SSSR count). The molecule has 0 aliphatic carbocycles. The third-order valence-electron chi connectivity index (χ3n) is 1.46. The molecule has 0 fully saturated rings. The van der Waals surface area contributed by atoms with Gasteiger partial charge in [-0.15, -0.1) is 0 Å². The van der Waals surface area contributed by atoms with E-state index in [1.165, 1.54) is 19.2 Å². The normalized spacial score (nSPS) is 10.1. The summed E-state index contributed by atoms with van der Waals surface area (Å²) in [4.78, 5) is 0. The maximum Gasteiger partial charge on any atom is 0.200 e. The van der Waals surface area contributed by atoms with Crippen LogP contribution in [-0.2, 0) is 4.74 Å². The second-order valence-electron chi connectivity index (χ2n) is 2.39. The molecule has 0 spiro atoms. The van der Waals surface area contributed by atoms with Crippen LogP contribution in [-0.4, -0.2) is 20.3 Å². The average molecular weight is 188 g/mol. The lowest BCUT2D eigenvalue weighted by Crippen LogP contribution is -2.05. The Labute approximate surface area is 75.1 Å². The van der Waals surface area contributed by atoms with E-state index in [1.54, 1.807) is 0 Å². The molecule has 0 aromatic heterocycles. The maximum absolute atomic E-state index is 12.9. The standard InChI is InChI=1S/C9H10F2O2/c1-12-5-6-13-8-4-2-3-7(10)9(8)11/h2-4H,5-6H2,1H3. The van der Waals surface area contributed by atoms with Crippen LogP contribution in [0.2, 0.25) is 0 Å². The lowest BCUT2D eigenvalue weighted by Gasteiger charge is -2.06. The van der Waals surface area contributed by atoms with E-state index in [4.69, 9.17) is 9.47 Å². The molecule has 1 aromatic carbocycles. The summed E-state index contributed by atoms with van der Waals surface area (Å²) in [6.45, 7) is 0.548. The second kappa shape index (κ2) is 4.77. The summed E-state index contributed by atoms with van der Waals surface area (Å²) < 4.78 is 35.1. The van der Waals surface area contributed by atoms with Gasteiger partial charge >= 0.3 is 0 Å². The van der Waals surface area contributed by atoms with E-state index in [2.05, 4.69) is 0 Å². The topological polar surface area (TPSA) is 18.5 Å². The van der Waals surface area contributed by atoms with Gasteiger partial charge < -0.3 is 9.47 Å². The molecule has 0 bridgehead atoms. The van der Waals surface area contributed by atoms with E-state index >= 15 is 0 Å². The van der Waals surface area contributed by atoms with E-state index in [1.807, 2.05) is 0 Å². The highest BCUT2D eigenvalue weighted by atomic mass is 19.2. The van der Waals surface area contributed by atoms with Crippen molar-refractivity contribution in [3.8, 4) is 5.75 Å². The van der Waals surface area contributed by atoms with Crippen molar-refractivity contribution in [2.24, 2.45) is 0 Å². The Balaban J connectivity index is 2.61. The maximum atomic E-state index is 12.9. The zero-order valence-corrected chi connectivity index (χ0v) is 7.22. The van der Waals surface area contributed by atoms with Crippen molar-refractivity contribution in [2.45, 2.75) is 0 Å². The van der Waals surface area contributed by atoms with Gasteiger partial charge in [0.25, 0.3) is 0 Å². The molecule has 72 valence electrons. The molecule has 4 heteroatoms. The van der Waals surface area contributed by atoms with Crippen LogP contribution >= 0.6 is 0 Å². The van der Waals surface area contributed by atoms with Crippen LogP contribution in [0.25, 0.3) is 0 Å². The monoisotopic (exact) mass is 188 g/mol. The van der Waals surface area contributed by atoms with Gasteiger partial charge in [-0.25, -0.2) is 4.39 Å². The van der Waals surface area contributed by atoms with Crippen LogP contribution in [0.4, 0.5) is 8.78 Å². The first-order chi connectivity index (χ1) is 6.25. The van der Waals surface area contributed by atoms with Crippen molar-refractivity contribution in [1.29, 1.82) is 0 Å². The molecule has 2 nitrogen and oxygen atoms in total. The quantitative estimate of drug-likeness (QED) is 0.673. The minimum absolute atomic E-state index is 0.0861. The lowest BCUT2D eigenvalue weighted by atomic mass is 10.3. The van der Waals surface area contributed by atoms with Crippen molar-refractivity contribution in [3.05, 3.63) is 29.8 Å². The number of halogens is 2. The van der Waals surface area contributed by atoms with Gasteiger partial charge in [-0.2, -0.15) is 4.39 Å². The summed E-state index contributed by atoms with van der Waals surface area (Å²) in [5.74, 6) is -1.95. The third-order valence-corrected chi connectivity index (χ3v) is 1.46. The summed E-state index contributed by atoms with van der Waals surface area (Å²) >= 11 is 0. The Morgan fingerprint density at radius 3 is 2.69 bits per heavy atom. The number of ether oxygens (including phenoxy) is 2.